The second kappa shape index (κ2) is 7.92. The molecule has 1 aromatic heterocycles. The van der Waals surface area contributed by atoms with Gasteiger partial charge in [0.05, 0.1) is 10.3 Å². The normalized spacial score (nSPS) is 8.17. The molecule has 0 saturated heterocycles. The summed E-state index contributed by atoms with van der Waals surface area (Å²) in [7, 11) is 0. The smallest absolute Gasteiger partial charge is 0.358 e. The van der Waals surface area contributed by atoms with Crippen LogP contribution in [0.15, 0.2) is 10.3 Å². The van der Waals surface area contributed by atoms with E-state index in [-0.39, 0.29) is 26.0 Å². The van der Waals surface area contributed by atoms with Gasteiger partial charge in [-0.15, -0.1) is 0 Å². The Morgan fingerprint density at radius 2 is 1.50 bits per heavy atom. The molecule has 3 nitrogen and oxygen atoms in total. The fraction of sp³-hybridized carbons (Fsp3) is 0.333. The molecule has 0 aromatic carbocycles. The van der Waals surface area contributed by atoms with Gasteiger partial charge >= 0.3 is 18.6 Å². The third-order valence-electron chi connectivity index (χ3n) is 0.848. The molecule has 65 valence electrons. The minimum absolute atomic E-state index is 0. The average Bonchev–Trinajstić information content (AvgIpc) is 2.05. The number of hydrogen-bond donors (Lipinski definition) is 0. The van der Waals surface area contributed by atoms with E-state index in [2.05, 4.69) is 21.3 Å². The summed E-state index contributed by atoms with van der Waals surface area (Å²) in [6, 6.07) is 0. The van der Waals surface area contributed by atoms with Gasteiger partial charge < -0.3 is 22.4 Å². The monoisotopic (exact) mass is 238 g/mol. The van der Waals surface area contributed by atoms with Crippen LogP contribution in [-0.4, -0.2) is 27.5 Å². The number of nitrogens with zero attached hydrogens (tertiary/aromatic N) is 3. The summed E-state index contributed by atoms with van der Waals surface area (Å²) in [5.74, 6) is 0. The third-order valence-corrected chi connectivity index (χ3v) is 1.94. The van der Waals surface area contributed by atoms with Crippen LogP contribution < -0.4 is 0 Å². The maximum Gasteiger partial charge on any atom is 2.00 e. The van der Waals surface area contributed by atoms with E-state index in [1.165, 1.54) is 23.5 Å². The fourth-order valence-corrected chi connectivity index (χ4v) is 1.10. The molecular weight excluding hydrogens is 229 g/mol. The Hall–Kier alpha value is 0.294. The van der Waals surface area contributed by atoms with Gasteiger partial charge in [-0.25, -0.2) is 0 Å². The summed E-state index contributed by atoms with van der Waals surface area (Å²) in [4.78, 5) is 11.7. The Labute approximate surface area is 93.4 Å². The van der Waals surface area contributed by atoms with E-state index in [1.807, 2.05) is 12.5 Å². The molecule has 0 unspecified atom stereocenters. The van der Waals surface area contributed by atoms with Crippen LogP contribution in [0.1, 0.15) is 0 Å². The van der Waals surface area contributed by atoms with Gasteiger partial charge in [-0.1, -0.05) is 0 Å². The van der Waals surface area contributed by atoms with Crippen molar-refractivity contribution >= 4 is 23.5 Å². The van der Waals surface area contributed by atoms with Gasteiger partial charge in [0.2, 0.25) is 0 Å². The first-order valence-electron chi connectivity index (χ1n) is 2.57. The van der Waals surface area contributed by atoms with Crippen molar-refractivity contribution in [3.05, 3.63) is 13.8 Å². The summed E-state index contributed by atoms with van der Waals surface area (Å²) in [5.41, 5.74) is 0. The molecule has 0 spiro atoms. The zero-order valence-electron chi connectivity index (χ0n) is 7.11. The van der Waals surface area contributed by atoms with E-state index in [1.54, 1.807) is 0 Å². The maximum absolute atomic E-state index is 4.08. The van der Waals surface area contributed by atoms with E-state index in [0.717, 1.165) is 10.3 Å². The number of thioether (sulfide) groups is 2. The van der Waals surface area contributed by atoms with Gasteiger partial charge in [0.15, 0.2) is 0 Å². The molecule has 12 heavy (non-hydrogen) atoms. The zero-order chi connectivity index (χ0) is 7.40. The summed E-state index contributed by atoms with van der Waals surface area (Å²) >= 11 is 2.98. The van der Waals surface area contributed by atoms with Crippen LogP contribution in [0, 0.1) is 13.8 Å². The molecule has 6 heteroatoms. The summed E-state index contributed by atoms with van der Waals surface area (Å²) < 4.78 is 0. The predicted molar refractivity (Wildman–Crippen MR) is 48.6 cm³/mol. The SMILES string of the molecule is CSc1n[c-]nc(SC)n1.[CH3-].[V+2]. The largest absolute Gasteiger partial charge is 2.00 e. The molecular formula is C6H9N3S2V. The van der Waals surface area contributed by atoms with Crippen LogP contribution in [0.4, 0.5) is 0 Å². The van der Waals surface area contributed by atoms with Crippen LogP contribution in [0.5, 0.6) is 0 Å². The molecule has 1 rings (SSSR count). The van der Waals surface area contributed by atoms with Crippen LogP contribution in [0.3, 0.4) is 0 Å². The van der Waals surface area contributed by atoms with Gasteiger partial charge in [-0.05, 0) is 12.5 Å². The molecule has 0 aliphatic heterocycles. The van der Waals surface area contributed by atoms with E-state index in [4.69, 9.17) is 0 Å². The van der Waals surface area contributed by atoms with Crippen molar-refractivity contribution in [2.75, 3.05) is 12.5 Å². The van der Waals surface area contributed by atoms with E-state index in [9.17, 15) is 0 Å². The topological polar surface area (TPSA) is 38.7 Å². The van der Waals surface area contributed by atoms with E-state index < -0.39 is 0 Å². The van der Waals surface area contributed by atoms with Crippen molar-refractivity contribution in [3.63, 3.8) is 0 Å². The Morgan fingerprint density at radius 1 is 1.08 bits per heavy atom. The zero-order valence-corrected chi connectivity index (χ0v) is 10.1. The van der Waals surface area contributed by atoms with Crippen molar-refractivity contribution in [2.45, 2.75) is 10.3 Å². The molecule has 0 N–H and O–H groups in total. The maximum atomic E-state index is 4.08. The molecule has 1 aromatic rings. The van der Waals surface area contributed by atoms with Crippen LogP contribution in [-0.2, 0) is 18.6 Å². The standard InChI is InChI=1S/C5H6N3S2.CH3.V/c1-9-4-6-3-7-5(8-4)10-2;;/h1-2H3;1H3;/q2*-1;+2. The number of aromatic nitrogens is 3. The van der Waals surface area contributed by atoms with Gasteiger partial charge in [-0.2, -0.15) is 23.5 Å². The quantitative estimate of drug-likeness (QED) is 0.577. The number of rotatable bonds is 2. The predicted octanol–water partition coefficient (Wildman–Crippen LogP) is 1.56. The minimum atomic E-state index is 0. The molecule has 0 saturated carbocycles. The van der Waals surface area contributed by atoms with Crippen LogP contribution in [0.25, 0.3) is 0 Å². The third kappa shape index (κ3) is 4.35. The molecule has 0 aliphatic rings. The van der Waals surface area contributed by atoms with E-state index >= 15 is 0 Å². The average molecular weight is 238 g/mol. The molecule has 1 radical (unpaired) electrons. The Morgan fingerprint density at radius 3 is 1.83 bits per heavy atom. The van der Waals surface area contributed by atoms with Gasteiger partial charge in [-0.3, -0.25) is 0 Å². The second-order valence-electron chi connectivity index (χ2n) is 1.41. The van der Waals surface area contributed by atoms with Crippen molar-refractivity contribution in [1.82, 2.24) is 15.0 Å². The van der Waals surface area contributed by atoms with Crippen molar-refractivity contribution < 1.29 is 18.6 Å². The molecule has 1 heterocycles. The van der Waals surface area contributed by atoms with Crippen molar-refractivity contribution in [2.24, 2.45) is 0 Å². The Kier molecular flexibility index (Phi) is 9.77. The number of hydrogen-bond acceptors (Lipinski definition) is 5. The van der Waals surface area contributed by atoms with Crippen LogP contribution >= 0.6 is 23.5 Å². The first kappa shape index (κ1) is 14.8. The summed E-state index contributed by atoms with van der Waals surface area (Å²) in [6.45, 7) is 0. The molecule has 0 aliphatic carbocycles. The first-order chi connectivity index (χ1) is 4.86. The van der Waals surface area contributed by atoms with E-state index in [0.29, 0.717) is 0 Å². The van der Waals surface area contributed by atoms with Gasteiger partial charge in [0, 0.05) is 6.33 Å². The Balaban J connectivity index is 0. The Bertz CT molecular complexity index is 202. The summed E-state index contributed by atoms with van der Waals surface area (Å²) in [6.07, 6.45) is 6.38. The molecule has 0 amide bonds. The first-order valence-corrected chi connectivity index (χ1v) is 5.02. The van der Waals surface area contributed by atoms with Gasteiger partial charge in [0.1, 0.15) is 0 Å². The van der Waals surface area contributed by atoms with Crippen molar-refractivity contribution in [3.8, 4) is 0 Å². The summed E-state index contributed by atoms with van der Waals surface area (Å²) in [5, 5.41) is 1.44. The van der Waals surface area contributed by atoms with Gasteiger partial charge in [0.25, 0.3) is 0 Å². The second-order valence-corrected chi connectivity index (χ2v) is 2.96. The molecule has 0 atom stereocenters. The van der Waals surface area contributed by atoms with Crippen molar-refractivity contribution in [1.29, 1.82) is 0 Å². The molecule has 0 fully saturated rings. The minimum Gasteiger partial charge on any atom is -0.358 e. The molecule has 0 bridgehead atoms. The van der Waals surface area contributed by atoms with Crippen LogP contribution in [0.2, 0.25) is 0 Å². The fourth-order valence-electron chi connectivity index (χ4n) is 0.425.